The van der Waals surface area contributed by atoms with Crippen LogP contribution in [0, 0.1) is 5.92 Å². The Bertz CT molecular complexity index is 1230. The summed E-state index contributed by atoms with van der Waals surface area (Å²) in [5.41, 5.74) is 2.50. The van der Waals surface area contributed by atoms with E-state index in [1.54, 1.807) is 24.3 Å². The van der Waals surface area contributed by atoms with Crippen molar-refractivity contribution in [1.29, 1.82) is 0 Å². The number of para-hydroxylation sites is 1. The predicted octanol–water partition coefficient (Wildman–Crippen LogP) is 5.13. The van der Waals surface area contributed by atoms with Crippen molar-refractivity contribution >= 4 is 27.4 Å². The minimum absolute atomic E-state index is 0.0762. The lowest BCUT2D eigenvalue weighted by molar-refractivity contribution is 0.0696. The number of nitrogens with one attached hydrogen (secondary N) is 2. The number of hydrogen-bond acceptors (Lipinski definition) is 5. The van der Waals surface area contributed by atoms with Gasteiger partial charge in [0.2, 0.25) is 0 Å². The van der Waals surface area contributed by atoms with Crippen molar-refractivity contribution < 1.29 is 18.3 Å². The van der Waals surface area contributed by atoms with E-state index >= 15 is 0 Å². The third-order valence-corrected chi connectivity index (χ3v) is 9.63. The van der Waals surface area contributed by atoms with Crippen LogP contribution in [-0.2, 0) is 22.9 Å². The highest BCUT2D eigenvalue weighted by Crippen LogP contribution is 2.38. The van der Waals surface area contributed by atoms with Crippen LogP contribution in [0.5, 0.6) is 0 Å². The highest BCUT2D eigenvalue weighted by molar-refractivity contribution is 7.92. The molecule has 2 aromatic carbocycles. The van der Waals surface area contributed by atoms with Crippen LogP contribution in [0.2, 0.25) is 0 Å². The van der Waals surface area contributed by atoms with Crippen molar-refractivity contribution in [1.82, 2.24) is 4.90 Å². The molecule has 3 N–H and O–H groups in total. The summed E-state index contributed by atoms with van der Waals surface area (Å²) in [6, 6.07) is 11.5. The zero-order valence-electron chi connectivity index (χ0n) is 21.0. The van der Waals surface area contributed by atoms with Crippen LogP contribution >= 0.6 is 0 Å². The third-order valence-electron chi connectivity index (χ3n) is 8.21. The zero-order chi connectivity index (χ0) is 25.3. The Labute approximate surface area is 214 Å². The Hall–Kier alpha value is -2.58. The summed E-state index contributed by atoms with van der Waals surface area (Å²) in [6.45, 7) is 4.19. The average molecular weight is 512 g/mol. The van der Waals surface area contributed by atoms with Crippen LogP contribution in [0.4, 0.5) is 11.4 Å². The lowest BCUT2D eigenvalue weighted by Crippen LogP contribution is -2.39. The molecule has 1 unspecified atom stereocenters. The number of likely N-dealkylation sites (tertiary alicyclic amines) is 1. The Morgan fingerprint density at radius 3 is 2.61 bits per heavy atom. The SMILES string of the molecule is CC(C1CC1)N1CCC[C@H]1CCNc1ccccc1S(=O)(=O)Nc1ccc2c(c1C(=O)O)CCCC2. The van der Waals surface area contributed by atoms with Crippen LogP contribution in [0.25, 0.3) is 0 Å². The number of hydrogen-bond donors (Lipinski definition) is 3. The van der Waals surface area contributed by atoms with E-state index in [9.17, 15) is 18.3 Å². The zero-order valence-corrected chi connectivity index (χ0v) is 21.8. The number of benzene rings is 2. The fraction of sp³-hybridized carbons (Fsp3) is 0.536. The first kappa shape index (κ1) is 25.1. The quantitative estimate of drug-likeness (QED) is 0.409. The van der Waals surface area contributed by atoms with Crippen molar-refractivity contribution in [3.8, 4) is 0 Å². The molecule has 7 nitrogen and oxygen atoms in total. The Morgan fingerprint density at radius 1 is 1.06 bits per heavy atom. The molecular formula is C28H37N3O4S. The van der Waals surface area contributed by atoms with Gasteiger partial charge in [0.25, 0.3) is 10.0 Å². The number of aromatic carboxylic acids is 1. The molecule has 3 aliphatic rings. The molecule has 2 aliphatic carbocycles. The number of sulfonamides is 1. The fourth-order valence-corrected chi connectivity index (χ4v) is 7.39. The van der Waals surface area contributed by atoms with E-state index in [0.29, 0.717) is 30.7 Å². The van der Waals surface area contributed by atoms with Gasteiger partial charge in [0.1, 0.15) is 4.90 Å². The maximum absolute atomic E-state index is 13.5. The summed E-state index contributed by atoms with van der Waals surface area (Å²) < 4.78 is 29.5. The van der Waals surface area contributed by atoms with Gasteiger partial charge in [-0.1, -0.05) is 18.2 Å². The van der Waals surface area contributed by atoms with Gasteiger partial charge in [-0.3, -0.25) is 9.62 Å². The van der Waals surface area contributed by atoms with E-state index in [1.165, 1.54) is 25.7 Å². The first-order chi connectivity index (χ1) is 17.3. The second-order valence-electron chi connectivity index (χ2n) is 10.6. The number of carbonyl (C=O) groups is 1. The molecule has 2 fully saturated rings. The summed E-state index contributed by atoms with van der Waals surface area (Å²) in [6.07, 6.45) is 9.48. The molecule has 8 heteroatoms. The topological polar surface area (TPSA) is 98.7 Å². The van der Waals surface area contributed by atoms with Crippen LogP contribution in [0.15, 0.2) is 41.3 Å². The highest BCUT2D eigenvalue weighted by atomic mass is 32.2. The number of carboxylic acid groups (broad SMARTS) is 1. The molecule has 1 aliphatic heterocycles. The van der Waals surface area contributed by atoms with E-state index in [1.807, 2.05) is 12.1 Å². The van der Waals surface area contributed by atoms with Gasteiger partial charge in [-0.25, -0.2) is 13.2 Å². The van der Waals surface area contributed by atoms with Crippen LogP contribution < -0.4 is 10.0 Å². The van der Waals surface area contributed by atoms with Crippen molar-refractivity contribution in [3.05, 3.63) is 53.1 Å². The molecular weight excluding hydrogens is 474 g/mol. The van der Waals surface area contributed by atoms with Crippen molar-refractivity contribution in [3.63, 3.8) is 0 Å². The minimum Gasteiger partial charge on any atom is -0.478 e. The number of anilines is 2. The van der Waals surface area contributed by atoms with E-state index in [-0.39, 0.29) is 16.1 Å². The molecule has 1 saturated heterocycles. The molecule has 1 heterocycles. The van der Waals surface area contributed by atoms with Gasteiger partial charge >= 0.3 is 5.97 Å². The largest absolute Gasteiger partial charge is 0.478 e. The molecule has 0 bridgehead atoms. The Morgan fingerprint density at radius 2 is 1.83 bits per heavy atom. The predicted molar refractivity (Wildman–Crippen MR) is 142 cm³/mol. The van der Waals surface area contributed by atoms with Gasteiger partial charge in [-0.05, 0) is 106 Å². The van der Waals surface area contributed by atoms with E-state index < -0.39 is 16.0 Å². The number of carboxylic acids is 1. The van der Waals surface area contributed by atoms with Gasteiger partial charge in [0, 0.05) is 18.6 Å². The van der Waals surface area contributed by atoms with Gasteiger partial charge < -0.3 is 10.4 Å². The number of nitrogens with zero attached hydrogens (tertiary/aromatic N) is 1. The molecule has 0 amide bonds. The summed E-state index contributed by atoms with van der Waals surface area (Å²) >= 11 is 0. The number of fused-ring (bicyclic) bond motifs is 1. The van der Waals surface area contributed by atoms with Gasteiger partial charge in [0.15, 0.2) is 0 Å². The van der Waals surface area contributed by atoms with Gasteiger partial charge in [-0.2, -0.15) is 0 Å². The standard InChI is InChI=1S/C28H37N3O4S/c1-19(20-12-13-20)31-18-6-8-22(31)16-17-29-24-10-4-5-11-26(24)36(34,35)30-25-15-14-21-7-2-3-9-23(21)27(25)28(32)33/h4-5,10-11,14-15,19-20,22,29-30H,2-3,6-9,12-13,16-18H2,1H3,(H,32,33)/t19?,22-/m0/s1. The van der Waals surface area contributed by atoms with Crippen molar-refractivity contribution in [2.45, 2.75) is 81.7 Å². The van der Waals surface area contributed by atoms with E-state index in [0.717, 1.165) is 49.3 Å². The van der Waals surface area contributed by atoms with Crippen LogP contribution in [0.3, 0.4) is 0 Å². The maximum Gasteiger partial charge on any atom is 0.338 e. The van der Waals surface area contributed by atoms with E-state index in [4.69, 9.17) is 0 Å². The van der Waals surface area contributed by atoms with Crippen LogP contribution in [-0.4, -0.2) is 49.6 Å². The summed E-state index contributed by atoms with van der Waals surface area (Å²) in [5, 5.41) is 13.3. The molecule has 2 atom stereocenters. The molecule has 0 radical (unpaired) electrons. The molecule has 0 aromatic heterocycles. The first-order valence-corrected chi connectivity index (χ1v) is 14.8. The summed E-state index contributed by atoms with van der Waals surface area (Å²) in [7, 11) is -3.99. The maximum atomic E-state index is 13.5. The molecule has 1 saturated carbocycles. The summed E-state index contributed by atoms with van der Waals surface area (Å²) in [4.78, 5) is 14.9. The van der Waals surface area contributed by atoms with Crippen molar-refractivity contribution in [2.24, 2.45) is 5.92 Å². The second kappa shape index (κ2) is 10.4. The first-order valence-electron chi connectivity index (χ1n) is 13.3. The number of aryl methyl sites for hydroxylation is 1. The highest BCUT2D eigenvalue weighted by Gasteiger charge is 2.37. The fourth-order valence-electron chi connectivity index (χ4n) is 6.13. The Balaban J connectivity index is 1.31. The lowest BCUT2D eigenvalue weighted by Gasteiger charge is -2.31. The molecule has 0 spiro atoms. The lowest BCUT2D eigenvalue weighted by atomic mass is 9.87. The normalized spacial score (nSPS) is 21.1. The van der Waals surface area contributed by atoms with Crippen LogP contribution in [0.1, 0.15) is 73.4 Å². The Kier molecular flexibility index (Phi) is 7.26. The molecule has 2 aromatic rings. The third kappa shape index (κ3) is 5.25. The van der Waals surface area contributed by atoms with Gasteiger partial charge in [0.05, 0.1) is 16.9 Å². The molecule has 5 rings (SSSR count). The minimum atomic E-state index is -3.99. The smallest absolute Gasteiger partial charge is 0.338 e. The van der Waals surface area contributed by atoms with Gasteiger partial charge in [-0.15, -0.1) is 0 Å². The second-order valence-corrected chi connectivity index (χ2v) is 12.2. The average Bonchev–Trinajstić information content (AvgIpc) is 3.61. The monoisotopic (exact) mass is 511 g/mol. The van der Waals surface area contributed by atoms with Crippen molar-refractivity contribution in [2.75, 3.05) is 23.1 Å². The molecule has 36 heavy (non-hydrogen) atoms. The van der Waals surface area contributed by atoms with E-state index in [2.05, 4.69) is 21.9 Å². The number of rotatable bonds is 10. The molecule has 194 valence electrons. The summed E-state index contributed by atoms with van der Waals surface area (Å²) in [5.74, 6) is -0.255.